The summed E-state index contributed by atoms with van der Waals surface area (Å²) in [6, 6.07) is 0.0664. The van der Waals surface area contributed by atoms with E-state index >= 15 is 0 Å². The van der Waals surface area contributed by atoms with Gasteiger partial charge in [0.2, 0.25) is 0 Å². The van der Waals surface area contributed by atoms with Gasteiger partial charge < -0.3 is 15.2 Å². The van der Waals surface area contributed by atoms with Crippen molar-refractivity contribution >= 4 is 5.97 Å². The molecule has 0 aromatic carbocycles. The highest BCUT2D eigenvalue weighted by Gasteiger charge is 2.42. The minimum atomic E-state index is -0.183. The zero-order valence-corrected chi connectivity index (χ0v) is 10.7. The topological polar surface area (TPSA) is 61.5 Å². The average molecular weight is 229 g/mol. The third-order valence-electron chi connectivity index (χ3n) is 2.74. The van der Waals surface area contributed by atoms with Crippen molar-refractivity contribution in [3.63, 3.8) is 0 Å². The first-order valence-electron chi connectivity index (χ1n) is 5.92. The highest BCUT2D eigenvalue weighted by atomic mass is 16.5. The van der Waals surface area contributed by atoms with Gasteiger partial charge in [-0.15, -0.1) is 0 Å². The van der Waals surface area contributed by atoms with Crippen molar-refractivity contribution in [2.45, 2.75) is 58.3 Å². The van der Waals surface area contributed by atoms with Crippen LogP contribution < -0.4 is 5.73 Å². The first-order chi connectivity index (χ1) is 7.33. The van der Waals surface area contributed by atoms with E-state index in [9.17, 15) is 4.79 Å². The van der Waals surface area contributed by atoms with Crippen molar-refractivity contribution in [2.24, 2.45) is 11.7 Å². The number of ether oxygens (including phenoxy) is 2. The lowest BCUT2D eigenvalue weighted by atomic mass is 9.74. The number of hydrogen-bond donors (Lipinski definition) is 1. The highest BCUT2D eigenvalue weighted by molar-refractivity contribution is 5.70. The molecular formula is C12H23NO3. The van der Waals surface area contributed by atoms with Gasteiger partial charge in [0, 0.05) is 12.0 Å². The molecule has 94 valence electrons. The van der Waals surface area contributed by atoms with Crippen LogP contribution >= 0.6 is 0 Å². The summed E-state index contributed by atoms with van der Waals surface area (Å²) in [5, 5.41) is 0. The van der Waals surface area contributed by atoms with E-state index in [2.05, 4.69) is 0 Å². The summed E-state index contributed by atoms with van der Waals surface area (Å²) in [7, 11) is 0. The molecule has 0 saturated heterocycles. The molecule has 3 unspecified atom stereocenters. The molecule has 0 aliphatic heterocycles. The zero-order valence-electron chi connectivity index (χ0n) is 10.7. The van der Waals surface area contributed by atoms with Crippen LogP contribution in [0.1, 0.15) is 40.5 Å². The molecule has 1 aliphatic rings. The SMILES string of the molecule is CCOC(=O)CC1C(N)CC1OC(C)(C)C. The van der Waals surface area contributed by atoms with Crippen LogP contribution in [-0.4, -0.2) is 30.3 Å². The number of rotatable bonds is 4. The Bertz CT molecular complexity index is 247. The Kier molecular flexibility index (Phi) is 4.33. The van der Waals surface area contributed by atoms with Crippen molar-refractivity contribution in [3.8, 4) is 0 Å². The maximum atomic E-state index is 11.4. The summed E-state index contributed by atoms with van der Waals surface area (Å²) in [6.45, 7) is 8.27. The second-order valence-corrected chi connectivity index (χ2v) is 5.34. The minimum Gasteiger partial charge on any atom is -0.466 e. The monoisotopic (exact) mass is 229 g/mol. The first-order valence-corrected chi connectivity index (χ1v) is 5.92. The third kappa shape index (κ3) is 3.76. The Morgan fingerprint density at radius 2 is 2.06 bits per heavy atom. The van der Waals surface area contributed by atoms with Gasteiger partial charge in [-0.2, -0.15) is 0 Å². The number of hydrogen-bond acceptors (Lipinski definition) is 4. The first kappa shape index (κ1) is 13.5. The van der Waals surface area contributed by atoms with Crippen molar-refractivity contribution < 1.29 is 14.3 Å². The smallest absolute Gasteiger partial charge is 0.306 e. The molecule has 2 N–H and O–H groups in total. The second-order valence-electron chi connectivity index (χ2n) is 5.34. The van der Waals surface area contributed by atoms with Gasteiger partial charge in [0.05, 0.1) is 24.7 Å². The molecule has 0 amide bonds. The molecular weight excluding hydrogens is 206 g/mol. The Morgan fingerprint density at radius 1 is 1.44 bits per heavy atom. The van der Waals surface area contributed by atoms with Crippen molar-refractivity contribution in [3.05, 3.63) is 0 Å². The standard InChI is InChI=1S/C12H23NO3/c1-5-15-11(14)6-8-9(13)7-10(8)16-12(2,3)4/h8-10H,5-7,13H2,1-4H3. The van der Waals surface area contributed by atoms with E-state index in [0.29, 0.717) is 13.0 Å². The van der Waals surface area contributed by atoms with Gasteiger partial charge in [-0.25, -0.2) is 0 Å². The van der Waals surface area contributed by atoms with E-state index in [0.717, 1.165) is 6.42 Å². The summed E-state index contributed by atoms with van der Waals surface area (Å²) in [5.74, 6) is -0.0663. The van der Waals surface area contributed by atoms with E-state index in [1.54, 1.807) is 0 Å². The largest absolute Gasteiger partial charge is 0.466 e. The summed E-state index contributed by atoms with van der Waals surface area (Å²) in [5.41, 5.74) is 5.71. The Morgan fingerprint density at radius 3 is 2.50 bits per heavy atom. The molecule has 1 saturated carbocycles. The van der Waals surface area contributed by atoms with Crippen LogP contribution in [0.4, 0.5) is 0 Å². The predicted molar refractivity (Wildman–Crippen MR) is 62.0 cm³/mol. The zero-order chi connectivity index (χ0) is 12.3. The van der Waals surface area contributed by atoms with Gasteiger partial charge >= 0.3 is 5.97 Å². The van der Waals surface area contributed by atoms with Crippen LogP contribution in [0.5, 0.6) is 0 Å². The summed E-state index contributed by atoms with van der Waals surface area (Å²) >= 11 is 0. The van der Waals surface area contributed by atoms with E-state index < -0.39 is 0 Å². The predicted octanol–water partition coefficient (Wildman–Crippen LogP) is 1.47. The molecule has 1 fully saturated rings. The van der Waals surface area contributed by atoms with Crippen LogP contribution in [0, 0.1) is 5.92 Å². The number of carbonyl (C=O) groups is 1. The average Bonchev–Trinajstić information content (AvgIpc) is 2.12. The Balaban J connectivity index is 2.42. The molecule has 0 radical (unpaired) electrons. The lowest BCUT2D eigenvalue weighted by Gasteiger charge is -2.44. The van der Waals surface area contributed by atoms with E-state index in [1.165, 1.54) is 0 Å². The molecule has 0 aromatic heterocycles. The quantitative estimate of drug-likeness (QED) is 0.742. The van der Waals surface area contributed by atoms with Crippen LogP contribution in [0.25, 0.3) is 0 Å². The van der Waals surface area contributed by atoms with Gasteiger partial charge in [-0.05, 0) is 34.1 Å². The number of nitrogens with two attached hydrogens (primary N) is 1. The maximum absolute atomic E-state index is 11.4. The molecule has 16 heavy (non-hydrogen) atoms. The molecule has 4 heteroatoms. The molecule has 0 spiro atoms. The van der Waals surface area contributed by atoms with Crippen LogP contribution in [0.3, 0.4) is 0 Å². The Hall–Kier alpha value is -0.610. The van der Waals surface area contributed by atoms with E-state index in [1.807, 2.05) is 27.7 Å². The van der Waals surface area contributed by atoms with Gasteiger partial charge in [0.15, 0.2) is 0 Å². The van der Waals surface area contributed by atoms with Crippen molar-refractivity contribution in [1.29, 1.82) is 0 Å². The fourth-order valence-corrected chi connectivity index (χ4v) is 1.98. The molecule has 4 nitrogen and oxygen atoms in total. The third-order valence-corrected chi connectivity index (χ3v) is 2.74. The van der Waals surface area contributed by atoms with Crippen LogP contribution in [0.2, 0.25) is 0 Å². The number of esters is 1. The van der Waals surface area contributed by atoms with Crippen LogP contribution in [-0.2, 0) is 14.3 Å². The van der Waals surface area contributed by atoms with Crippen molar-refractivity contribution in [2.75, 3.05) is 6.61 Å². The van der Waals surface area contributed by atoms with Gasteiger partial charge in [-0.1, -0.05) is 0 Å². The summed E-state index contributed by atoms with van der Waals surface area (Å²) in [4.78, 5) is 11.4. The minimum absolute atomic E-state index is 0.0664. The molecule has 0 aromatic rings. The van der Waals surface area contributed by atoms with Gasteiger partial charge in [0.1, 0.15) is 0 Å². The van der Waals surface area contributed by atoms with Gasteiger partial charge in [0.25, 0.3) is 0 Å². The summed E-state index contributed by atoms with van der Waals surface area (Å²) < 4.78 is 10.8. The lowest BCUT2D eigenvalue weighted by molar-refractivity contribution is -0.158. The molecule has 0 bridgehead atoms. The normalized spacial score (nSPS) is 29.7. The molecule has 3 atom stereocenters. The molecule has 1 rings (SSSR count). The molecule has 1 aliphatic carbocycles. The Labute approximate surface area is 97.5 Å². The summed E-state index contributed by atoms with van der Waals surface area (Å²) in [6.07, 6.45) is 1.30. The van der Waals surface area contributed by atoms with Crippen molar-refractivity contribution in [1.82, 2.24) is 0 Å². The number of carbonyl (C=O) groups excluding carboxylic acids is 1. The molecule has 0 heterocycles. The fraction of sp³-hybridized carbons (Fsp3) is 0.917. The second kappa shape index (κ2) is 5.15. The van der Waals surface area contributed by atoms with Gasteiger partial charge in [-0.3, -0.25) is 4.79 Å². The van der Waals surface area contributed by atoms with E-state index in [-0.39, 0.29) is 29.6 Å². The van der Waals surface area contributed by atoms with E-state index in [4.69, 9.17) is 15.2 Å². The maximum Gasteiger partial charge on any atom is 0.306 e. The lowest BCUT2D eigenvalue weighted by Crippen LogP contribution is -2.55. The van der Waals surface area contributed by atoms with Crippen LogP contribution in [0.15, 0.2) is 0 Å². The highest BCUT2D eigenvalue weighted by Crippen LogP contribution is 2.35. The fourth-order valence-electron chi connectivity index (χ4n) is 1.98.